The van der Waals surface area contributed by atoms with Crippen molar-refractivity contribution < 1.29 is 23.4 Å². The molecule has 0 radical (unpaired) electrons. The van der Waals surface area contributed by atoms with Gasteiger partial charge >= 0.3 is 5.97 Å². The van der Waals surface area contributed by atoms with Gasteiger partial charge in [-0.3, -0.25) is 0 Å². The highest BCUT2D eigenvalue weighted by molar-refractivity contribution is 5.92. The molecule has 0 aliphatic rings. The average Bonchev–Trinajstić information content (AvgIpc) is 2.38. The summed E-state index contributed by atoms with van der Waals surface area (Å²) in [6.07, 6.45) is 0.590. The molecule has 0 bridgehead atoms. The van der Waals surface area contributed by atoms with E-state index in [4.69, 9.17) is 14.2 Å². The predicted octanol–water partition coefficient (Wildman–Crippen LogP) is 2.42. The molecule has 0 aliphatic carbocycles. The molecule has 1 rings (SSSR count). The van der Waals surface area contributed by atoms with Crippen molar-refractivity contribution in [2.75, 3.05) is 20.8 Å². The van der Waals surface area contributed by atoms with Crippen LogP contribution in [0.4, 0.5) is 4.39 Å². The van der Waals surface area contributed by atoms with E-state index in [0.29, 0.717) is 12.2 Å². The van der Waals surface area contributed by atoms with Crippen LogP contribution in [0.5, 0.6) is 5.75 Å². The first-order valence-corrected chi connectivity index (χ1v) is 5.62. The maximum absolute atomic E-state index is 13.1. The van der Waals surface area contributed by atoms with E-state index in [9.17, 15) is 9.18 Å². The van der Waals surface area contributed by atoms with Crippen LogP contribution in [0, 0.1) is 5.82 Å². The summed E-state index contributed by atoms with van der Waals surface area (Å²) in [7, 11) is 3.00. The number of halogens is 1. The van der Waals surface area contributed by atoms with Gasteiger partial charge in [-0.05, 0) is 25.1 Å². The third-order valence-electron chi connectivity index (χ3n) is 2.54. The molecule has 0 N–H and O–H groups in total. The lowest BCUT2D eigenvalue weighted by Crippen LogP contribution is -2.13. The zero-order valence-corrected chi connectivity index (χ0v) is 10.7. The molecular weight excluding hydrogens is 239 g/mol. The number of esters is 1. The Labute approximate surface area is 106 Å². The molecule has 1 aromatic carbocycles. The van der Waals surface area contributed by atoms with Crippen LogP contribution in [0.15, 0.2) is 18.2 Å². The summed E-state index contributed by atoms with van der Waals surface area (Å²) in [5.74, 6) is -0.816. The third kappa shape index (κ3) is 4.00. The zero-order valence-electron chi connectivity index (χ0n) is 10.7. The van der Waals surface area contributed by atoms with Crippen LogP contribution in [0.1, 0.15) is 23.7 Å². The van der Waals surface area contributed by atoms with Gasteiger partial charge in [0, 0.05) is 13.5 Å². The van der Waals surface area contributed by atoms with Crippen molar-refractivity contribution in [3.05, 3.63) is 29.6 Å². The van der Waals surface area contributed by atoms with E-state index in [1.54, 1.807) is 7.11 Å². The number of carbonyl (C=O) groups excluding carboxylic acids is 1. The van der Waals surface area contributed by atoms with Gasteiger partial charge in [-0.25, -0.2) is 9.18 Å². The van der Waals surface area contributed by atoms with E-state index in [1.807, 2.05) is 6.92 Å². The van der Waals surface area contributed by atoms with Gasteiger partial charge in [0.1, 0.15) is 17.1 Å². The van der Waals surface area contributed by atoms with Gasteiger partial charge in [0.15, 0.2) is 0 Å². The summed E-state index contributed by atoms with van der Waals surface area (Å²) in [5.41, 5.74) is 0.0857. The van der Waals surface area contributed by atoms with Crippen LogP contribution in [-0.4, -0.2) is 32.9 Å². The Balaban J connectivity index is 2.63. The Hall–Kier alpha value is -1.62. The van der Waals surface area contributed by atoms with E-state index in [-0.39, 0.29) is 18.3 Å². The minimum absolute atomic E-state index is 0.00667. The molecule has 0 spiro atoms. The normalized spacial score (nSPS) is 12.0. The lowest BCUT2D eigenvalue weighted by molar-refractivity contribution is 0.0387. The maximum atomic E-state index is 13.1. The van der Waals surface area contributed by atoms with Crippen molar-refractivity contribution in [2.24, 2.45) is 0 Å². The molecular formula is C13H17FO4. The SMILES string of the molecule is COc1ccc(F)cc1C(=O)OCC[C@@H](C)OC. The fourth-order valence-corrected chi connectivity index (χ4v) is 1.35. The Morgan fingerprint density at radius 1 is 1.39 bits per heavy atom. The van der Waals surface area contributed by atoms with Crippen molar-refractivity contribution in [1.82, 2.24) is 0 Å². The molecule has 0 fully saturated rings. The summed E-state index contributed by atoms with van der Waals surface area (Å²) in [5, 5.41) is 0. The Kier molecular flexibility index (Phi) is 5.58. The van der Waals surface area contributed by atoms with Crippen LogP contribution in [0.25, 0.3) is 0 Å². The van der Waals surface area contributed by atoms with Gasteiger partial charge in [-0.1, -0.05) is 0 Å². The van der Waals surface area contributed by atoms with E-state index in [0.717, 1.165) is 6.07 Å². The van der Waals surface area contributed by atoms with Gasteiger partial charge in [-0.15, -0.1) is 0 Å². The third-order valence-corrected chi connectivity index (χ3v) is 2.54. The summed E-state index contributed by atoms with van der Waals surface area (Å²) in [6, 6.07) is 3.72. The van der Waals surface area contributed by atoms with Crippen LogP contribution >= 0.6 is 0 Å². The lowest BCUT2D eigenvalue weighted by atomic mass is 10.2. The van der Waals surface area contributed by atoms with Gasteiger partial charge in [0.25, 0.3) is 0 Å². The molecule has 0 aliphatic heterocycles. The zero-order chi connectivity index (χ0) is 13.5. The molecule has 0 unspecified atom stereocenters. The molecule has 100 valence electrons. The summed E-state index contributed by atoms with van der Waals surface area (Å²) < 4.78 is 28.1. The van der Waals surface area contributed by atoms with Crippen LogP contribution < -0.4 is 4.74 Å². The summed E-state index contributed by atoms with van der Waals surface area (Å²) in [4.78, 5) is 11.7. The number of hydrogen-bond acceptors (Lipinski definition) is 4. The standard InChI is InChI=1S/C13H17FO4/c1-9(16-2)6-7-18-13(15)11-8-10(14)4-5-12(11)17-3/h4-5,8-9H,6-7H2,1-3H3/t9-/m1/s1. The van der Waals surface area contributed by atoms with Crippen molar-refractivity contribution in [3.8, 4) is 5.75 Å². The first-order chi connectivity index (χ1) is 8.58. The van der Waals surface area contributed by atoms with Gasteiger partial charge in [-0.2, -0.15) is 0 Å². The number of methoxy groups -OCH3 is 2. The lowest BCUT2D eigenvalue weighted by Gasteiger charge is -2.11. The van der Waals surface area contributed by atoms with Crippen LogP contribution in [-0.2, 0) is 9.47 Å². The van der Waals surface area contributed by atoms with Gasteiger partial charge in [0.05, 0.1) is 19.8 Å². The molecule has 0 heterocycles. The summed E-state index contributed by atoms with van der Waals surface area (Å²) in [6.45, 7) is 2.09. The number of hydrogen-bond donors (Lipinski definition) is 0. The topological polar surface area (TPSA) is 44.8 Å². The fraction of sp³-hybridized carbons (Fsp3) is 0.462. The van der Waals surface area contributed by atoms with Crippen LogP contribution in [0.2, 0.25) is 0 Å². The second-order valence-corrected chi connectivity index (χ2v) is 3.82. The molecule has 5 heteroatoms. The van der Waals surface area contributed by atoms with Crippen LogP contribution in [0.3, 0.4) is 0 Å². The van der Waals surface area contributed by atoms with Crippen molar-refractivity contribution in [2.45, 2.75) is 19.4 Å². The predicted molar refractivity (Wildman–Crippen MR) is 64.3 cm³/mol. The Morgan fingerprint density at radius 2 is 2.11 bits per heavy atom. The molecule has 1 atom stereocenters. The molecule has 0 saturated heterocycles. The molecule has 18 heavy (non-hydrogen) atoms. The molecule has 0 amide bonds. The van der Waals surface area contributed by atoms with Gasteiger partial charge < -0.3 is 14.2 Å². The Morgan fingerprint density at radius 3 is 2.72 bits per heavy atom. The highest BCUT2D eigenvalue weighted by Gasteiger charge is 2.15. The van der Waals surface area contributed by atoms with E-state index in [2.05, 4.69) is 0 Å². The molecule has 0 aromatic heterocycles. The Bertz CT molecular complexity index is 406. The average molecular weight is 256 g/mol. The quantitative estimate of drug-likeness (QED) is 0.733. The first kappa shape index (κ1) is 14.4. The van der Waals surface area contributed by atoms with Crippen molar-refractivity contribution >= 4 is 5.97 Å². The largest absolute Gasteiger partial charge is 0.496 e. The second-order valence-electron chi connectivity index (χ2n) is 3.82. The minimum atomic E-state index is -0.602. The highest BCUT2D eigenvalue weighted by Crippen LogP contribution is 2.20. The number of ether oxygens (including phenoxy) is 3. The molecule has 0 saturated carbocycles. The minimum Gasteiger partial charge on any atom is -0.496 e. The van der Waals surface area contributed by atoms with E-state index in [1.165, 1.54) is 19.2 Å². The fourth-order valence-electron chi connectivity index (χ4n) is 1.35. The van der Waals surface area contributed by atoms with Crippen molar-refractivity contribution in [3.63, 3.8) is 0 Å². The molecule has 1 aromatic rings. The second kappa shape index (κ2) is 6.96. The number of benzene rings is 1. The smallest absolute Gasteiger partial charge is 0.342 e. The monoisotopic (exact) mass is 256 g/mol. The number of rotatable bonds is 6. The molecule has 4 nitrogen and oxygen atoms in total. The maximum Gasteiger partial charge on any atom is 0.342 e. The number of carbonyl (C=O) groups is 1. The first-order valence-electron chi connectivity index (χ1n) is 5.62. The highest BCUT2D eigenvalue weighted by atomic mass is 19.1. The summed E-state index contributed by atoms with van der Waals surface area (Å²) >= 11 is 0. The van der Waals surface area contributed by atoms with E-state index >= 15 is 0 Å². The van der Waals surface area contributed by atoms with Gasteiger partial charge in [0.2, 0.25) is 0 Å². The van der Waals surface area contributed by atoms with E-state index < -0.39 is 11.8 Å². The van der Waals surface area contributed by atoms with Crippen molar-refractivity contribution in [1.29, 1.82) is 0 Å².